The minimum Gasteiger partial charge on any atom is -0.323 e. The van der Waals surface area contributed by atoms with E-state index in [9.17, 15) is 9.00 Å². The van der Waals surface area contributed by atoms with Crippen molar-refractivity contribution >= 4 is 40.0 Å². The van der Waals surface area contributed by atoms with Gasteiger partial charge in [0, 0.05) is 37.0 Å². The Kier molecular flexibility index (Phi) is 5.63. The molecule has 1 atom stereocenters. The number of anilines is 3. The summed E-state index contributed by atoms with van der Waals surface area (Å²) in [6.07, 6.45) is 2.60. The van der Waals surface area contributed by atoms with E-state index in [4.69, 9.17) is 4.55 Å². The fraction of sp³-hybridized carbons (Fsp3) is 0.174. The summed E-state index contributed by atoms with van der Waals surface area (Å²) in [5, 5.41) is 7.91. The van der Waals surface area contributed by atoms with Crippen molar-refractivity contribution in [1.29, 1.82) is 0 Å². The van der Waals surface area contributed by atoms with Gasteiger partial charge in [0.15, 0.2) is 0 Å². The Morgan fingerprint density at radius 2 is 2.06 bits per heavy atom. The van der Waals surface area contributed by atoms with Gasteiger partial charge in [-0.15, -0.1) is 5.10 Å². The molecule has 4 aromatic rings. The number of carbonyl (C=O) groups excluding carboxylic acids is 1. The lowest BCUT2D eigenvalue weighted by molar-refractivity contribution is -0.116. The van der Waals surface area contributed by atoms with E-state index < -0.39 is 11.3 Å². The molecular formula is C23H22N6O3S. The van der Waals surface area contributed by atoms with Crippen LogP contribution < -0.4 is 14.9 Å². The average molecular weight is 463 g/mol. The molecule has 2 aromatic heterocycles. The van der Waals surface area contributed by atoms with E-state index in [0.717, 1.165) is 45.7 Å². The maximum atomic E-state index is 11.9. The monoisotopic (exact) mass is 462 g/mol. The van der Waals surface area contributed by atoms with Crippen LogP contribution in [0.2, 0.25) is 0 Å². The molecule has 1 unspecified atom stereocenters. The van der Waals surface area contributed by atoms with Crippen LogP contribution in [0.4, 0.5) is 17.3 Å². The molecule has 33 heavy (non-hydrogen) atoms. The lowest BCUT2D eigenvalue weighted by Gasteiger charge is -2.16. The summed E-state index contributed by atoms with van der Waals surface area (Å²) in [4.78, 5) is 18.1. The van der Waals surface area contributed by atoms with Crippen molar-refractivity contribution in [3.63, 3.8) is 0 Å². The van der Waals surface area contributed by atoms with Crippen molar-refractivity contribution in [2.75, 3.05) is 16.8 Å². The summed E-state index contributed by atoms with van der Waals surface area (Å²) in [7, 11) is 0. The first-order valence-electron chi connectivity index (χ1n) is 10.4. The number of aromatic nitrogens is 3. The van der Waals surface area contributed by atoms with Gasteiger partial charge in [-0.2, -0.15) is 0 Å². The number of hydrogen-bond donors (Lipinski definition) is 3. The zero-order valence-corrected chi connectivity index (χ0v) is 18.7. The van der Waals surface area contributed by atoms with E-state index in [2.05, 4.69) is 20.1 Å². The van der Waals surface area contributed by atoms with Gasteiger partial charge in [0.05, 0.1) is 17.4 Å². The lowest BCUT2D eigenvalue weighted by Crippen LogP contribution is -2.25. The molecule has 5 rings (SSSR count). The molecule has 0 radical (unpaired) electrons. The Bertz CT molecular complexity index is 1390. The van der Waals surface area contributed by atoms with Gasteiger partial charge in [-0.3, -0.25) is 9.35 Å². The topological polar surface area (TPSA) is 112 Å². The Labute approximate surface area is 192 Å². The van der Waals surface area contributed by atoms with Gasteiger partial charge in [0.25, 0.3) is 0 Å². The molecule has 168 valence electrons. The van der Waals surface area contributed by atoms with Crippen molar-refractivity contribution in [2.45, 2.75) is 19.9 Å². The molecule has 9 nitrogen and oxygen atoms in total. The largest absolute Gasteiger partial charge is 0.323 e. The first kappa shape index (κ1) is 21.3. The lowest BCUT2D eigenvalue weighted by atomic mass is 10.1. The first-order chi connectivity index (χ1) is 16.0. The van der Waals surface area contributed by atoms with Crippen LogP contribution in [-0.4, -0.2) is 35.8 Å². The summed E-state index contributed by atoms with van der Waals surface area (Å²) in [5.74, 6) is 0.462. The Balaban J connectivity index is 1.44. The van der Waals surface area contributed by atoms with Gasteiger partial charge in [0.2, 0.25) is 23.1 Å². The van der Waals surface area contributed by atoms with E-state index in [1.807, 2.05) is 54.6 Å². The van der Waals surface area contributed by atoms with Crippen LogP contribution in [0.5, 0.6) is 0 Å². The number of rotatable bonds is 6. The molecule has 1 aliphatic rings. The van der Waals surface area contributed by atoms with E-state index >= 15 is 0 Å². The number of nitrogens with zero attached hydrogens (tertiary/aromatic N) is 4. The van der Waals surface area contributed by atoms with Crippen LogP contribution in [0, 0.1) is 0 Å². The minimum absolute atomic E-state index is 0.0308. The summed E-state index contributed by atoms with van der Waals surface area (Å²) < 4.78 is 24.2. The van der Waals surface area contributed by atoms with E-state index in [-0.39, 0.29) is 12.5 Å². The van der Waals surface area contributed by atoms with Crippen molar-refractivity contribution in [3.05, 3.63) is 71.9 Å². The third-order valence-electron chi connectivity index (χ3n) is 5.64. The molecule has 0 fully saturated rings. The maximum absolute atomic E-state index is 11.9. The fourth-order valence-electron chi connectivity index (χ4n) is 4.08. The van der Waals surface area contributed by atoms with Gasteiger partial charge in [-0.05, 0) is 47.9 Å². The predicted molar refractivity (Wildman–Crippen MR) is 127 cm³/mol. The highest BCUT2D eigenvalue weighted by atomic mass is 32.2. The van der Waals surface area contributed by atoms with Crippen molar-refractivity contribution in [1.82, 2.24) is 19.3 Å². The number of fused-ring (bicyclic) bond motifs is 2. The smallest absolute Gasteiger partial charge is 0.245 e. The first-order valence-corrected chi connectivity index (χ1v) is 11.5. The standard InChI is InChI=1S/C23H22N6O3S/c1-15(30)28-10-9-17-5-6-19(12-22(17)28)26-23-24-14-20-7-8-21(29(20)27-23)18-4-2-3-16(11-18)13-25-33(31)32/h2-8,11-12,14,25H,9-10,13H2,1H3,(H,26,27)(H,31,32). The van der Waals surface area contributed by atoms with Gasteiger partial charge in [0.1, 0.15) is 0 Å². The van der Waals surface area contributed by atoms with Gasteiger partial charge < -0.3 is 10.2 Å². The van der Waals surface area contributed by atoms with Gasteiger partial charge >= 0.3 is 0 Å². The third-order valence-corrected chi connectivity index (χ3v) is 6.03. The van der Waals surface area contributed by atoms with Crippen LogP contribution >= 0.6 is 0 Å². The number of hydrogen-bond acceptors (Lipinski definition) is 5. The zero-order chi connectivity index (χ0) is 22.9. The highest BCUT2D eigenvalue weighted by Crippen LogP contribution is 2.32. The van der Waals surface area contributed by atoms with Gasteiger partial charge in [-0.25, -0.2) is 18.4 Å². The highest BCUT2D eigenvalue weighted by Gasteiger charge is 2.22. The summed E-state index contributed by atoms with van der Waals surface area (Å²) in [6, 6.07) is 17.6. The molecule has 0 bridgehead atoms. The van der Waals surface area contributed by atoms with E-state index in [0.29, 0.717) is 12.5 Å². The molecular weight excluding hydrogens is 440 g/mol. The summed E-state index contributed by atoms with van der Waals surface area (Å²) in [5.41, 5.74) is 6.40. The van der Waals surface area contributed by atoms with Crippen LogP contribution in [0.25, 0.3) is 16.8 Å². The molecule has 1 aliphatic heterocycles. The second kappa shape index (κ2) is 8.74. The molecule has 1 amide bonds. The second-order valence-electron chi connectivity index (χ2n) is 7.80. The van der Waals surface area contributed by atoms with E-state index in [1.54, 1.807) is 22.5 Å². The van der Waals surface area contributed by atoms with Crippen LogP contribution in [-0.2, 0) is 29.0 Å². The quantitative estimate of drug-likeness (QED) is 0.379. The number of nitrogens with one attached hydrogen (secondary N) is 2. The van der Waals surface area contributed by atoms with Crippen molar-refractivity contribution in [3.8, 4) is 11.3 Å². The maximum Gasteiger partial charge on any atom is 0.245 e. The number of carbonyl (C=O) groups is 1. The molecule has 0 spiro atoms. The predicted octanol–water partition coefficient (Wildman–Crippen LogP) is 3.28. The average Bonchev–Trinajstić information content (AvgIpc) is 3.41. The Morgan fingerprint density at radius 1 is 1.18 bits per heavy atom. The fourth-order valence-corrected chi connectivity index (χ4v) is 4.37. The van der Waals surface area contributed by atoms with Crippen molar-refractivity contribution in [2.24, 2.45) is 0 Å². The summed E-state index contributed by atoms with van der Waals surface area (Å²) in [6.45, 7) is 2.55. The molecule has 2 aromatic carbocycles. The number of amides is 1. The van der Waals surface area contributed by atoms with Gasteiger partial charge in [-0.1, -0.05) is 24.3 Å². The normalized spacial score (nSPS) is 13.8. The van der Waals surface area contributed by atoms with Crippen LogP contribution in [0.3, 0.4) is 0 Å². The number of benzene rings is 2. The van der Waals surface area contributed by atoms with Crippen LogP contribution in [0.15, 0.2) is 60.8 Å². The SMILES string of the molecule is CC(=O)N1CCc2ccc(Nc3ncc4ccc(-c5cccc(CNS(=O)O)c5)n4n3)cc21. The highest BCUT2D eigenvalue weighted by molar-refractivity contribution is 7.77. The van der Waals surface area contributed by atoms with E-state index in [1.165, 1.54) is 0 Å². The minimum atomic E-state index is -2.07. The molecule has 0 saturated heterocycles. The Hall–Kier alpha value is -3.60. The zero-order valence-electron chi connectivity index (χ0n) is 17.9. The molecule has 3 heterocycles. The molecule has 0 saturated carbocycles. The third kappa shape index (κ3) is 4.36. The Morgan fingerprint density at radius 3 is 2.88 bits per heavy atom. The summed E-state index contributed by atoms with van der Waals surface area (Å²) >= 11 is -2.07. The van der Waals surface area contributed by atoms with Crippen LogP contribution in [0.1, 0.15) is 18.1 Å². The van der Waals surface area contributed by atoms with Crippen molar-refractivity contribution < 1.29 is 13.6 Å². The molecule has 10 heteroatoms. The molecule has 0 aliphatic carbocycles. The second-order valence-corrected chi connectivity index (χ2v) is 8.58. The molecule has 3 N–H and O–H groups in total.